The van der Waals surface area contributed by atoms with Gasteiger partial charge in [-0.05, 0) is 32.1 Å². The predicted molar refractivity (Wildman–Crippen MR) is 73.1 cm³/mol. The maximum Gasteiger partial charge on any atom is 0.186 e. The molecule has 16 heavy (non-hydrogen) atoms. The Balaban J connectivity index is 2.71. The highest BCUT2D eigenvalue weighted by Gasteiger charge is 2.02. The highest BCUT2D eigenvalue weighted by Crippen LogP contribution is 2.15. The molecule has 0 aliphatic carbocycles. The summed E-state index contributed by atoms with van der Waals surface area (Å²) in [5.41, 5.74) is 4.45. The number of thiocarbonyl (C=S) groups is 1. The summed E-state index contributed by atoms with van der Waals surface area (Å²) in [5.74, 6) is 0. The lowest BCUT2D eigenvalue weighted by Gasteiger charge is -2.06. The Bertz CT molecular complexity index is 404. The van der Waals surface area contributed by atoms with Crippen LogP contribution >= 0.6 is 23.8 Å². The number of nitrogens with one attached hydrogen (secondary N) is 2. The first kappa shape index (κ1) is 12.9. The molecule has 0 aliphatic heterocycles. The van der Waals surface area contributed by atoms with Crippen molar-refractivity contribution < 1.29 is 0 Å². The highest BCUT2D eigenvalue weighted by atomic mass is 35.5. The second-order valence-corrected chi connectivity index (χ2v) is 3.96. The van der Waals surface area contributed by atoms with Crippen molar-refractivity contribution >= 4 is 34.6 Å². The molecule has 0 aromatic heterocycles. The summed E-state index contributed by atoms with van der Waals surface area (Å²) in [5, 5.41) is 8.29. The molecule has 2 N–H and O–H groups in total. The zero-order chi connectivity index (χ0) is 12.0. The van der Waals surface area contributed by atoms with Gasteiger partial charge in [-0.2, -0.15) is 5.10 Å². The molecule has 0 radical (unpaired) electrons. The maximum absolute atomic E-state index is 6.04. The lowest BCUT2D eigenvalue weighted by atomic mass is 10.1. The molecule has 0 aliphatic rings. The van der Waals surface area contributed by atoms with Gasteiger partial charge in [0.15, 0.2) is 5.11 Å². The third-order valence-corrected chi connectivity index (χ3v) is 2.49. The topological polar surface area (TPSA) is 36.4 Å². The van der Waals surface area contributed by atoms with E-state index in [0.29, 0.717) is 10.1 Å². The van der Waals surface area contributed by atoms with E-state index in [2.05, 4.69) is 15.8 Å². The molecule has 0 amide bonds. The first-order valence-electron chi connectivity index (χ1n) is 4.98. The maximum atomic E-state index is 6.04. The summed E-state index contributed by atoms with van der Waals surface area (Å²) in [6, 6.07) is 7.55. The van der Waals surface area contributed by atoms with Gasteiger partial charge in [-0.25, -0.2) is 0 Å². The van der Waals surface area contributed by atoms with Gasteiger partial charge in [0.05, 0.1) is 5.71 Å². The summed E-state index contributed by atoms with van der Waals surface area (Å²) in [7, 11) is 0. The van der Waals surface area contributed by atoms with Gasteiger partial charge >= 0.3 is 0 Å². The molecule has 3 nitrogen and oxygen atoms in total. The number of benzene rings is 1. The second kappa shape index (κ2) is 6.45. The molecule has 0 fully saturated rings. The van der Waals surface area contributed by atoms with Crippen molar-refractivity contribution in [3.8, 4) is 0 Å². The molecule has 0 bridgehead atoms. The van der Waals surface area contributed by atoms with Gasteiger partial charge in [-0.15, -0.1) is 0 Å². The minimum absolute atomic E-state index is 0.508. The van der Waals surface area contributed by atoms with Crippen LogP contribution in [0.5, 0.6) is 0 Å². The molecule has 0 spiro atoms. The van der Waals surface area contributed by atoms with Crippen LogP contribution in [-0.4, -0.2) is 17.4 Å². The Kier molecular flexibility index (Phi) is 5.22. The summed E-state index contributed by atoms with van der Waals surface area (Å²) in [4.78, 5) is 0. The number of hydrogen-bond acceptors (Lipinski definition) is 2. The fourth-order valence-electron chi connectivity index (χ4n) is 1.15. The third-order valence-electron chi connectivity index (χ3n) is 1.93. The van der Waals surface area contributed by atoms with Crippen LogP contribution in [0.2, 0.25) is 5.02 Å². The molecule has 5 heteroatoms. The van der Waals surface area contributed by atoms with Crippen LogP contribution in [0.4, 0.5) is 0 Å². The predicted octanol–water partition coefficient (Wildman–Crippen LogP) is 2.55. The average molecular weight is 256 g/mol. The molecule has 0 saturated carbocycles. The summed E-state index contributed by atoms with van der Waals surface area (Å²) in [6.45, 7) is 4.62. The molecule has 0 atom stereocenters. The highest BCUT2D eigenvalue weighted by molar-refractivity contribution is 7.80. The van der Waals surface area contributed by atoms with Gasteiger partial charge in [0.2, 0.25) is 0 Å². The Labute approximate surface area is 106 Å². The van der Waals surface area contributed by atoms with Crippen molar-refractivity contribution in [3.63, 3.8) is 0 Å². The Morgan fingerprint density at radius 2 is 2.12 bits per heavy atom. The molecule has 0 saturated heterocycles. The average Bonchev–Trinajstić information content (AvgIpc) is 2.27. The number of nitrogens with zero attached hydrogens (tertiary/aromatic N) is 1. The van der Waals surface area contributed by atoms with Crippen LogP contribution in [0.15, 0.2) is 29.4 Å². The van der Waals surface area contributed by atoms with Crippen molar-refractivity contribution in [2.45, 2.75) is 13.8 Å². The van der Waals surface area contributed by atoms with E-state index in [1.807, 2.05) is 38.1 Å². The summed E-state index contributed by atoms with van der Waals surface area (Å²) >= 11 is 11.0. The van der Waals surface area contributed by atoms with Gasteiger partial charge in [0, 0.05) is 17.1 Å². The van der Waals surface area contributed by atoms with Crippen LogP contribution < -0.4 is 10.7 Å². The van der Waals surface area contributed by atoms with E-state index in [9.17, 15) is 0 Å². The number of halogens is 1. The van der Waals surface area contributed by atoms with Crippen LogP contribution in [-0.2, 0) is 0 Å². The molecule has 86 valence electrons. The third kappa shape index (κ3) is 3.79. The quantitative estimate of drug-likeness (QED) is 0.495. The van der Waals surface area contributed by atoms with Gasteiger partial charge in [0.25, 0.3) is 0 Å². The summed E-state index contributed by atoms with van der Waals surface area (Å²) < 4.78 is 0. The van der Waals surface area contributed by atoms with E-state index < -0.39 is 0 Å². The largest absolute Gasteiger partial charge is 0.362 e. The zero-order valence-electron chi connectivity index (χ0n) is 9.25. The molecule has 0 unspecified atom stereocenters. The Hall–Kier alpha value is -1.13. The number of rotatable bonds is 3. The van der Waals surface area contributed by atoms with Gasteiger partial charge in [0.1, 0.15) is 0 Å². The van der Waals surface area contributed by atoms with Crippen molar-refractivity contribution in [2.75, 3.05) is 6.54 Å². The van der Waals surface area contributed by atoms with E-state index in [4.69, 9.17) is 23.8 Å². The number of hydrogen-bond donors (Lipinski definition) is 2. The van der Waals surface area contributed by atoms with Gasteiger partial charge in [-0.3, -0.25) is 5.43 Å². The second-order valence-electron chi connectivity index (χ2n) is 3.15. The Morgan fingerprint density at radius 3 is 2.75 bits per heavy atom. The standard InChI is InChI=1S/C11H14ClN3S/c1-3-13-11(16)15-14-8(2)9-6-4-5-7-10(9)12/h4-7H,3H2,1-2H3,(H2,13,15,16)/b14-8-. The van der Waals surface area contributed by atoms with Crippen LogP contribution in [0.25, 0.3) is 0 Å². The molecular weight excluding hydrogens is 242 g/mol. The van der Waals surface area contributed by atoms with Crippen LogP contribution in [0.1, 0.15) is 19.4 Å². The zero-order valence-corrected chi connectivity index (χ0v) is 10.8. The minimum atomic E-state index is 0.508. The van der Waals surface area contributed by atoms with Crippen molar-refractivity contribution in [3.05, 3.63) is 34.9 Å². The van der Waals surface area contributed by atoms with E-state index in [1.165, 1.54) is 0 Å². The van der Waals surface area contributed by atoms with Crippen molar-refractivity contribution in [1.82, 2.24) is 10.7 Å². The molecule has 1 aromatic carbocycles. The number of hydrazone groups is 1. The molecule has 0 heterocycles. The smallest absolute Gasteiger partial charge is 0.186 e. The monoisotopic (exact) mass is 255 g/mol. The fraction of sp³-hybridized carbons (Fsp3) is 0.273. The van der Waals surface area contributed by atoms with Crippen molar-refractivity contribution in [1.29, 1.82) is 0 Å². The molecule has 1 aromatic rings. The van der Waals surface area contributed by atoms with Gasteiger partial charge in [-0.1, -0.05) is 29.8 Å². The molecular formula is C11H14ClN3S. The van der Waals surface area contributed by atoms with Gasteiger partial charge < -0.3 is 5.32 Å². The van der Waals surface area contributed by atoms with E-state index >= 15 is 0 Å². The van der Waals surface area contributed by atoms with E-state index in [1.54, 1.807) is 0 Å². The lowest BCUT2D eigenvalue weighted by molar-refractivity contribution is 0.901. The normalized spacial score (nSPS) is 11.1. The SMILES string of the molecule is CCNC(=S)N/N=C(/C)c1ccccc1Cl. The van der Waals surface area contributed by atoms with Crippen LogP contribution in [0.3, 0.4) is 0 Å². The lowest BCUT2D eigenvalue weighted by Crippen LogP contribution is -2.32. The summed E-state index contributed by atoms with van der Waals surface area (Å²) in [6.07, 6.45) is 0. The van der Waals surface area contributed by atoms with Crippen LogP contribution in [0, 0.1) is 0 Å². The Morgan fingerprint density at radius 1 is 1.44 bits per heavy atom. The fourth-order valence-corrected chi connectivity index (χ4v) is 1.61. The first-order valence-corrected chi connectivity index (χ1v) is 5.76. The molecule has 1 rings (SSSR count). The van der Waals surface area contributed by atoms with E-state index in [0.717, 1.165) is 17.8 Å². The first-order chi connectivity index (χ1) is 7.65. The van der Waals surface area contributed by atoms with Crippen molar-refractivity contribution in [2.24, 2.45) is 5.10 Å². The van der Waals surface area contributed by atoms with E-state index in [-0.39, 0.29) is 0 Å². The minimum Gasteiger partial charge on any atom is -0.362 e.